The van der Waals surface area contributed by atoms with Crippen LogP contribution in [0, 0.1) is 0 Å². The van der Waals surface area contributed by atoms with E-state index < -0.39 is 5.60 Å². The summed E-state index contributed by atoms with van der Waals surface area (Å²) in [5.74, 6) is 0.896. The lowest BCUT2D eigenvalue weighted by molar-refractivity contribution is -0.0233. The maximum atomic E-state index is 13.0. The molecule has 164 valence electrons. The Balaban J connectivity index is 1.54. The predicted molar refractivity (Wildman–Crippen MR) is 113 cm³/mol. The van der Waals surface area contributed by atoms with E-state index in [1.165, 1.54) is 7.11 Å². The SMILES string of the molecule is CCOC(=O)N1CCC2(CC1)CC(NC(=O)c1ncccc1OC)c1ccccc1O2. The van der Waals surface area contributed by atoms with Gasteiger partial charge in [0.05, 0.1) is 19.8 Å². The lowest BCUT2D eigenvalue weighted by Gasteiger charge is -2.46. The van der Waals surface area contributed by atoms with Gasteiger partial charge in [-0.05, 0) is 25.1 Å². The Labute approximate surface area is 181 Å². The Bertz CT molecular complexity index is 956. The van der Waals surface area contributed by atoms with Gasteiger partial charge in [-0.3, -0.25) is 4.79 Å². The zero-order chi connectivity index (χ0) is 21.8. The first-order valence-corrected chi connectivity index (χ1v) is 10.5. The van der Waals surface area contributed by atoms with Crippen molar-refractivity contribution in [1.82, 2.24) is 15.2 Å². The standard InChI is InChI=1S/C23H27N3O5/c1-3-30-22(28)26-13-10-23(11-14-26)15-17(16-7-4-5-8-18(16)31-23)25-21(27)20-19(29-2)9-6-12-24-20/h4-9,12,17H,3,10-11,13-15H2,1-2H3,(H,25,27). The second-order valence-corrected chi connectivity index (χ2v) is 7.79. The molecule has 4 rings (SSSR count). The van der Waals surface area contributed by atoms with Gasteiger partial charge in [0.1, 0.15) is 17.1 Å². The first-order valence-electron chi connectivity index (χ1n) is 10.5. The number of hydrogen-bond acceptors (Lipinski definition) is 6. The van der Waals surface area contributed by atoms with E-state index in [9.17, 15) is 9.59 Å². The number of carbonyl (C=O) groups is 2. The zero-order valence-corrected chi connectivity index (χ0v) is 17.8. The zero-order valence-electron chi connectivity index (χ0n) is 17.8. The van der Waals surface area contributed by atoms with Gasteiger partial charge >= 0.3 is 6.09 Å². The summed E-state index contributed by atoms with van der Waals surface area (Å²) in [7, 11) is 1.52. The van der Waals surface area contributed by atoms with Crippen molar-refractivity contribution in [2.24, 2.45) is 0 Å². The van der Waals surface area contributed by atoms with Crippen molar-refractivity contribution in [2.75, 3.05) is 26.8 Å². The molecule has 1 unspecified atom stereocenters. The van der Waals surface area contributed by atoms with Crippen LogP contribution < -0.4 is 14.8 Å². The molecule has 2 aliphatic rings. The van der Waals surface area contributed by atoms with Crippen molar-refractivity contribution >= 4 is 12.0 Å². The average Bonchev–Trinajstić information content (AvgIpc) is 2.79. The molecule has 1 saturated heterocycles. The number of aromatic nitrogens is 1. The average molecular weight is 425 g/mol. The molecule has 1 aromatic carbocycles. The molecule has 31 heavy (non-hydrogen) atoms. The van der Waals surface area contributed by atoms with E-state index in [-0.39, 0.29) is 23.7 Å². The van der Waals surface area contributed by atoms with Crippen LogP contribution in [0.15, 0.2) is 42.6 Å². The number of fused-ring (bicyclic) bond motifs is 1. The van der Waals surface area contributed by atoms with Crippen molar-refractivity contribution in [2.45, 2.75) is 37.8 Å². The highest BCUT2D eigenvalue weighted by Crippen LogP contribution is 2.44. The highest BCUT2D eigenvalue weighted by atomic mass is 16.6. The lowest BCUT2D eigenvalue weighted by atomic mass is 9.80. The molecular weight excluding hydrogens is 398 g/mol. The quantitative estimate of drug-likeness (QED) is 0.808. The summed E-state index contributed by atoms with van der Waals surface area (Å²) in [5.41, 5.74) is 0.730. The van der Waals surface area contributed by atoms with Gasteiger partial charge in [0, 0.05) is 44.1 Å². The van der Waals surface area contributed by atoms with Crippen molar-refractivity contribution in [3.05, 3.63) is 53.9 Å². The summed E-state index contributed by atoms with van der Waals surface area (Å²) in [5, 5.41) is 3.13. The van der Waals surface area contributed by atoms with E-state index in [1.807, 2.05) is 24.3 Å². The smallest absolute Gasteiger partial charge is 0.409 e. The fourth-order valence-corrected chi connectivity index (χ4v) is 4.32. The molecule has 2 aliphatic heterocycles. The van der Waals surface area contributed by atoms with Crippen LogP contribution in [-0.4, -0.2) is 54.3 Å². The van der Waals surface area contributed by atoms with E-state index in [1.54, 1.807) is 30.2 Å². The molecule has 0 radical (unpaired) electrons. The van der Waals surface area contributed by atoms with Crippen LogP contribution in [0.25, 0.3) is 0 Å². The van der Waals surface area contributed by atoms with E-state index >= 15 is 0 Å². The number of methoxy groups -OCH3 is 1. The number of para-hydroxylation sites is 1. The van der Waals surface area contributed by atoms with Crippen molar-refractivity contribution in [3.63, 3.8) is 0 Å². The molecule has 2 aromatic rings. The number of piperidine rings is 1. The van der Waals surface area contributed by atoms with Gasteiger partial charge in [0.15, 0.2) is 5.69 Å². The molecule has 8 heteroatoms. The second-order valence-electron chi connectivity index (χ2n) is 7.79. The molecule has 3 heterocycles. The third-order valence-corrected chi connectivity index (χ3v) is 5.91. The van der Waals surface area contributed by atoms with Gasteiger partial charge in [0.2, 0.25) is 0 Å². The minimum absolute atomic E-state index is 0.238. The molecule has 2 amide bonds. The number of rotatable bonds is 4. The predicted octanol–water partition coefficient (Wildman–Crippen LogP) is 3.33. The van der Waals surface area contributed by atoms with E-state index in [2.05, 4.69) is 10.3 Å². The highest BCUT2D eigenvalue weighted by Gasteiger charge is 2.44. The van der Waals surface area contributed by atoms with Gasteiger partial charge in [-0.15, -0.1) is 0 Å². The Morgan fingerprint density at radius 1 is 1.23 bits per heavy atom. The van der Waals surface area contributed by atoms with Gasteiger partial charge < -0.3 is 24.4 Å². The van der Waals surface area contributed by atoms with E-state index in [0.717, 1.165) is 11.3 Å². The monoisotopic (exact) mass is 425 g/mol. The number of benzene rings is 1. The van der Waals surface area contributed by atoms with Crippen LogP contribution >= 0.6 is 0 Å². The number of hydrogen-bond donors (Lipinski definition) is 1. The maximum Gasteiger partial charge on any atom is 0.409 e. The van der Waals surface area contributed by atoms with Crippen LogP contribution in [0.5, 0.6) is 11.5 Å². The molecule has 8 nitrogen and oxygen atoms in total. The van der Waals surface area contributed by atoms with Gasteiger partial charge in [-0.1, -0.05) is 18.2 Å². The van der Waals surface area contributed by atoms with Gasteiger partial charge in [0.25, 0.3) is 5.91 Å². The number of amides is 2. The van der Waals surface area contributed by atoms with Crippen molar-refractivity contribution in [1.29, 1.82) is 0 Å². The normalized spacial score (nSPS) is 19.2. The molecule has 0 bridgehead atoms. The molecule has 1 spiro atoms. The van der Waals surface area contributed by atoms with Gasteiger partial charge in [-0.25, -0.2) is 9.78 Å². The number of ether oxygens (including phenoxy) is 3. The largest absolute Gasteiger partial charge is 0.494 e. The number of nitrogens with one attached hydrogen (secondary N) is 1. The van der Waals surface area contributed by atoms with Crippen LogP contribution in [0.3, 0.4) is 0 Å². The topological polar surface area (TPSA) is 90.0 Å². The molecule has 0 saturated carbocycles. The summed E-state index contributed by atoms with van der Waals surface area (Å²) in [6.45, 7) is 3.26. The second kappa shape index (κ2) is 8.83. The number of carbonyl (C=O) groups excluding carboxylic acids is 2. The summed E-state index contributed by atoms with van der Waals surface area (Å²) in [6.07, 6.45) is 3.23. The Hall–Kier alpha value is -3.29. The highest BCUT2D eigenvalue weighted by molar-refractivity contribution is 5.95. The first kappa shape index (κ1) is 21.0. The number of pyridine rings is 1. The minimum atomic E-state index is -0.455. The maximum absolute atomic E-state index is 13.0. The van der Waals surface area contributed by atoms with Crippen molar-refractivity contribution < 1.29 is 23.8 Å². The fraction of sp³-hybridized carbons (Fsp3) is 0.435. The fourth-order valence-electron chi connectivity index (χ4n) is 4.32. The van der Waals surface area contributed by atoms with Crippen LogP contribution in [0.2, 0.25) is 0 Å². The van der Waals surface area contributed by atoms with Crippen LogP contribution in [-0.2, 0) is 4.74 Å². The summed E-state index contributed by atoms with van der Waals surface area (Å²) in [4.78, 5) is 31.0. The third kappa shape index (κ3) is 4.28. The summed E-state index contributed by atoms with van der Waals surface area (Å²) in [6, 6.07) is 11.0. The Morgan fingerprint density at radius 3 is 2.74 bits per heavy atom. The van der Waals surface area contributed by atoms with Crippen molar-refractivity contribution in [3.8, 4) is 11.5 Å². The lowest BCUT2D eigenvalue weighted by Crippen LogP contribution is -2.53. The van der Waals surface area contributed by atoms with Crippen LogP contribution in [0.1, 0.15) is 48.3 Å². The van der Waals surface area contributed by atoms with E-state index in [0.29, 0.717) is 44.7 Å². The molecule has 1 atom stereocenters. The summed E-state index contributed by atoms with van der Waals surface area (Å²) >= 11 is 0. The Kier molecular flexibility index (Phi) is 5.97. The van der Waals surface area contributed by atoms with Crippen LogP contribution in [0.4, 0.5) is 4.79 Å². The first-order chi connectivity index (χ1) is 15.0. The molecule has 0 aliphatic carbocycles. The number of likely N-dealkylation sites (tertiary alicyclic amines) is 1. The number of nitrogens with zero attached hydrogens (tertiary/aromatic N) is 2. The molecule has 1 fully saturated rings. The minimum Gasteiger partial charge on any atom is -0.494 e. The third-order valence-electron chi connectivity index (χ3n) is 5.91. The molecular formula is C23H27N3O5. The molecule has 1 N–H and O–H groups in total. The van der Waals surface area contributed by atoms with E-state index in [4.69, 9.17) is 14.2 Å². The molecule has 1 aromatic heterocycles. The Morgan fingerprint density at radius 2 is 2.00 bits per heavy atom. The van der Waals surface area contributed by atoms with Gasteiger partial charge in [-0.2, -0.15) is 0 Å². The summed E-state index contributed by atoms with van der Waals surface area (Å²) < 4.78 is 16.9.